The fourth-order valence-electron chi connectivity index (χ4n) is 5.16. The number of benzene rings is 3. The molecule has 3 aromatic carbocycles. The summed E-state index contributed by atoms with van der Waals surface area (Å²) < 4.78 is 9.47. The lowest BCUT2D eigenvalue weighted by atomic mass is 10.0. The van der Waals surface area contributed by atoms with Gasteiger partial charge in [-0.3, -0.25) is 0 Å². The second-order valence-electron chi connectivity index (χ2n) is 11.4. The van der Waals surface area contributed by atoms with E-state index in [0.717, 1.165) is 49.1 Å². The van der Waals surface area contributed by atoms with Crippen LogP contribution in [-0.2, 0) is 6.42 Å². The van der Waals surface area contributed by atoms with Crippen molar-refractivity contribution in [2.45, 2.75) is 37.5 Å². The highest BCUT2D eigenvalue weighted by Crippen LogP contribution is 2.45. The van der Waals surface area contributed by atoms with Gasteiger partial charge in [0.1, 0.15) is 5.75 Å². The van der Waals surface area contributed by atoms with Crippen molar-refractivity contribution in [3.63, 3.8) is 0 Å². The van der Waals surface area contributed by atoms with Gasteiger partial charge in [0, 0.05) is 49.1 Å². The molecule has 0 atom stereocenters. The Kier molecular flexibility index (Phi) is 8.29. The molecular formula is C34H41N3OS+2. The summed E-state index contributed by atoms with van der Waals surface area (Å²) >= 11 is 1.85. The first kappa shape index (κ1) is 27.3. The fraction of sp³-hybridized carbons (Fsp3) is 0.324. The quantitative estimate of drug-likeness (QED) is 0.118. The minimum absolute atomic E-state index is 0.742. The molecule has 0 fully saturated rings. The number of pyridine rings is 1. The Morgan fingerprint density at radius 1 is 0.923 bits per heavy atom. The van der Waals surface area contributed by atoms with Crippen LogP contribution >= 0.6 is 11.8 Å². The third kappa shape index (κ3) is 6.32. The molecule has 0 amide bonds. The lowest BCUT2D eigenvalue weighted by molar-refractivity contribution is -0.870. The number of aryl methyl sites for hydroxylation is 1. The highest BCUT2D eigenvalue weighted by Gasteiger charge is 2.24. The van der Waals surface area contributed by atoms with Crippen LogP contribution in [0.25, 0.3) is 22.7 Å². The number of nitrogens with zero attached hydrogens (tertiary/aromatic N) is 3. The molecule has 5 heteroatoms. The average molecular weight is 540 g/mol. The lowest BCUT2D eigenvalue weighted by Crippen LogP contribution is -2.37. The number of thioether (sulfide) groups is 1. The van der Waals surface area contributed by atoms with Gasteiger partial charge in [-0.15, -0.1) is 0 Å². The molecule has 4 aromatic rings. The minimum Gasteiger partial charge on any atom is -0.493 e. The van der Waals surface area contributed by atoms with Crippen molar-refractivity contribution >= 4 is 34.4 Å². The number of aromatic nitrogens is 1. The van der Waals surface area contributed by atoms with Crippen LogP contribution in [0.5, 0.6) is 5.75 Å². The van der Waals surface area contributed by atoms with Crippen molar-refractivity contribution < 1.29 is 13.8 Å². The number of anilines is 1. The van der Waals surface area contributed by atoms with E-state index in [1.165, 1.54) is 43.5 Å². The summed E-state index contributed by atoms with van der Waals surface area (Å²) in [4.78, 5) is 3.62. The molecule has 1 aromatic heterocycles. The van der Waals surface area contributed by atoms with E-state index in [0.29, 0.717) is 0 Å². The summed E-state index contributed by atoms with van der Waals surface area (Å²) in [7, 11) is 8.83. The molecule has 0 saturated heterocycles. The van der Waals surface area contributed by atoms with Crippen molar-refractivity contribution in [1.29, 1.82) is 0 Å². The third-order valence-electron chi connectivity index (χ3n) is 7.24. The molecule has 202 valence electrons. The minimum atomic E-state index is 0.742. The van der Waals surface area contributed by atoms with Crippen molar-refractivity contribution in [2.24, 2.45) is 0 Å². The van der Waals surface area contributed by atoms with Gasteiger partial charge in [0.15, 0.2) is 5.69 Å². The fourth-order valence-corrected chi connectivity index (χ4v) is 6.26. The molecule has 0 radical (unpaired) electrons. The first-order valence-corrected chi connectivity index (χ1v) is 14.9. The number of para-hydroxylation sites is 2. The number of unbranched alkanes of at least 4 members (excludes halogenated alkanes) is 1. The molecule has 1 aliphatic heterocycles. The first-order chi connectivity index (χ1) is 18.8. The van der Waals surface area contributed by atoms with E-state index >= 15 is 0 Å². The third-order valence-corrected chi connectivity index (χ3v) is 8.41. The topological polar surface area (TPSA) is 16.4 Å². The van der Waals surface area contributed by atoms with Crippen LogP contribution in [0.15, 0.2) is 88.8 Å². The van der Waals surface area contributed by atoms with E-state index in [1.807, 2.05) is 11.8 Å². The second kappa shape index (κ2) is 11.8. The van der Waals surface area contributed by atoms with Crippen LogP contribution in [0.4, 0.5) is 5.69 Å². The van der Waals surface area contributed by atoms with E-state index in [4.69, 9.17) is 4.74 Å². The summed E-state index contributed by atoms with van der Waals surface area (Å²) in [6.07, 6.45) is 6.75. The van der Waals surface area contributed by atoms with Gasteiger partial charge >= 0.3 is 0 Å². The molecule has 0 spiro atoms. The summed E-state index contributed by atoms with van der Waals surface area (Å²) in [5.74, 6) is 0.933. The van der Waals surface area contributed by atoms with Crippen LogP contribution in [0, 0.1) is 0 Å². The van der Waals surface area contributed by atoms with Crippen LogP contribution in [0.1, 0.15) is 37.4 Å². The Hall–Kier alpha value is -3.28. The van der Waals surface area contributed by atoms with Crippen molar-refractivity contribution in [1.82, 2.24) is 0 Å². The number of ether oxygens (including phenoxy) is 1. The highest BCUT2D eigenvalue weighted by molar-refractivity contribution is 8.03. The van der Waals surface area contributed by atoms with E-state index in [1.54, 1.807) is 0 Å². The highest BCUT2D eigenvalue weighted by atomic mass is 32.2. The van der Waals surface area contributed by atoms with Crippen molar-refractivity contribution in [2.75, 3.05) is 46.2 Å². The maximum Gasteiger partial charge on any atom is 0.219 e. The average Bonchev–Trinajstić information content (AvgIpc) is 3.25. The summed E-state index contributed by atoms with van der Waals surface area (Å²) in [5.41, 5.74) is 6.29. The van der Waals surface area contributed by atoms with Crippen LogP contribution < -0.4 is 14.2 Å². The maximum absolute atomic E-state index is 6.07. The number of hydrogen-bond acceptors (Lipinski definition) is 3. The van der Waals surface area contributed by atoms with Crippen molar-refractivity contribution in [3.05, 3.63) is 95.1 Å². The zero-order valence-electron chi connectivity index (χ0n) is 24.0. The number of fused-ring (bicyclic) bond motifs is 2. The molecule has 1 aliphatic rings. The van der Waals surface area contributed by atoms with Gasteiger partial charge in [-0.05, 0) is 48.4 Å². The van der Waals surface area contributed by atoms with Crippen LogP contribution in [-0.4, -0.2) is 45.8 Å². The van der Waals surface area contributed by atoms with E-state index in [9.17, 15) is 0 Å². The SMILES string of the molecule is CCCCc1cc(/C=C2\Sc3ccccc3N2C)c2ccccc2[n+]1-c1ccc(OCCC[N+](C)(C)C)cc1. The van der Waals surface area contributed by atoms with Gasteiger partial charge in [-0.1, -0.05) is 49.4 Å². The molecule has 39 heavy (non-hydrogen) atoms. The molecule has 5 rings (SSSR count). The Bertz CT molecular complexity index is 1470. The second-order valence-corrected chi connectivity index (χ2v) is 12.4. The normalized spacial score (nSPS) is 14.3. The molecule has 0 aliphatic carbocycles. The largest absolute Gasteiger partial charge is 0.493 e. The number of rotatable bonds is 10. The Labute approximate surface area is 238 Å². The number of quaternary nitrogens is 1. The monoisotopic (exact) mass is 539 g/mol. The van der Waals surface area contributed by atoms with Crippen molar-refractivity contribution in [3.8, 4) is 11.4 Å². The van der Waals surface area contributed by atoms with E-state index < -0.39 is 0 Å². The summed E-state index contributed by atoms with van der Waals surface area (Å²) in [6.45, 7) is 4.11. The van der Waals surface area contributed by atoms with Crippen LogP contribution in [0.3, 0.4) is 0 Å². The van der Waals surface area contributed by atoms with Gasteiger partial charge < -0.3 is 14.1 Å². The van der Waals surface area contributed by atoms with Gasteiger partial charge in [0.25, 0.3) is 0 Å². The standard InChI is InChI=1S/C34H41N3OS/c1-6-7-13-28-24-26(25-34-35(2)32-16-10-11-17-33(32)39-34)30-14-8-9-15-31(30)36(28)27-18-20-29(21-19-27)38-23-12-22-37(3,4)5/h8-11,14-21,24-25H,6-7,12-13,22-23H2,1-5H3/q+2. The van der Waals surface area contributed by atoms with E-state index in [2.05, 4.69) is 130 Å². The molecule has 0 saturated carbocycles. The lowest BCUT2D eigenvalue weighted by Gasteiger charge is -2.23. The predicted octanol–water partition coefficient (Wildman–Crippen LogP) is 7.47. The Balaban J connectivity index is 1.50. The zero-order valence-corrected chi connectivity index (χ0v) is 24.8. The summed E-state index contributed by atoms with van der Waals surface area (Å²) in [5, 5.41) is 2.52. The zero-order chi connectivity index (χ0) is 27.4. The predicted molar refractivity (Wildman–Crippen MR) is 166 cm³/mol. The first-order valence-electron chi connectivity index (χ1n) is 14.1. The molecule has 0 unspecified atom stereocenters. The van der Waals surface area contributed by atoms with Gasteiger partial charge in [0.2, 0.25) is 11.2 Å². The van der Waals surface area contributed by atoms with Gasteiger partial charge in [-0.2, -0.15) is 4.57 Å². The maximum atomic E-state index is 6.07. The van der Waals surface area contributed by atoms with Crippen LogP contribution in [0.2, 0.25) is 0 Å². The molecular weight excluding hydrogens is 498 g/mol. The molecule has 0 bridgehead atoms. The summed E-state index contributed by atoms with van der Waals surface area (Å²) in [6, 6.07) is 28.5. The smallest absolute Gasteiger partial charge is 0.219 e. The van der Waals surface area contributed by atoms with Gasteiger partial charge in [0.05, 0.1) is 50.4 Å². The Morgan fingerprint density at radius 3 is 2.41 bits per heavy atom. The number of hydrogen-bond donors (Lipinski definition) is 0. The van der Waals surface area contributed by atoms with Gasteiger partial charge in [-0.25, -0.2) is 0 Å². The molecule has 2 heterocycles. The van der Waals surface area contributed by atoms with E-state index in [-0.39, 0.29) is 0 Å². The molecule has 4 nitrogen and oxygen atoms in total. The molecule has 0 N–H and O–H groups in total. The Morgan fingerprint density at radius 2 is 1.67 bits per heavy atom.